The fraction of sp³-hybridized carbons (Fsp3) is 0.467. The molecule has 1 aromatic carbocycles. The molecule has 1 saturated carbocycles. The summed E-state index contributed by atoms with van der Waals surface area (Å²) in [7, 11) is 0. The van der Waals surface area contributed by atoms with Crippen LogP contribution in [0.1, 0.15) is 25.7 Å². The van der Waals surface area contributed by atoms with E-state index in [-0.39, 0.29) is 5.92 Å². The number of anilines is 1. The third-order valence-corrected chi connectivity index (χ3v) is 4.05. The van der Waals surface area contributed by atoms with Crippen LogP contribution < -0.4 is 10.6 Å². The van der Waals surface area contributed by atoms with Gasteiger partial charge < -0.3 is 15.7 Å². The summed E-state index contributed by atoms with van der Waals surface area (Å²) in [6.07, 6.45) is 3.28. The van der Waals surface area contributed by atoms with Crippen molar-refractivity contribution in [2.75, 3.05) is 11.9 Å². The molecule has 114 valence electrons. The Kier molecular flexibility index (Phi) is 5.59. The van der Waals surface area contributed by atoms with Crippen LogP contribution in [0.5, 0.6) is 0 Å². The summed E-state index contributed by atoms with van der Waals surface area (Å²) in [5.41, 5.74) is 0.400. The fourth-order valence-corrected chi connectivity index (χ4v) is 2.65. The van der Waals surface area contributed by atoms with Crippen LogP contribution in [-0.2, 0) is 9.59 Å². The lowest BCUT2D eigenvalue weighted by Crippen LogP contribution is -2.41. The summed E-state index contributed by atoms with van der Waals surface area (Å²) >= 11 is 5.91. The van der Waals surface area contributed by atoms with Crippen molar-refractivity contribution >= 4 is 29.1 Å². The quantitative estimate of drug-likeness (QED) is 0.747. The average Bonchev–Trinajstić information content (AvgIpc) is 2.48. The smallest absolute Gasteiger partial charge is 0.313 e. The number of halogens is 1. The molecule has 0 aliphatic heterocycles. The summed E-state index contributed by atoms with van der Waals surface area (Å²) in [5.74, 6) is -1.45. The molecule has 1 aliphatic rings. The van der Waals surface area contributed by atoms with Crippen molar-refractivity contribution in [3.05, 3.63) is 29.3 Å². The molecular weight excluding hydrogens is 292 g/mol. The molecule has 6 heteroatoms. The molecule has 2 amide bonds. The van der Waals surface area contributed by atoms with Crippen LogP contribution in [0, 0.1) is 5.92 Å². The molecule has 1 aromatic rings. The van der Waals surface area contributed by atoms with Gasteiger partial charge in [0.2, 0.25) is 0 Å². The second-order valence-corrected chi connectivity index (χ2v) is 5.66. The van der Waals surface area contributed by atoms with Gasteiger partial charge in [0.1, 0.15) is 0 Å². The molecule has 21 heavy (non-hydrogen) atoms. The third kappa shape index (κ3) is 4.44. The number of carbonyl (C=O) groups is 2. The number of rotatable bonds is 3. The van der Waals surface area contributed by atoms with Gasteiger partial charge in [0.25, 0.3) is 0 Å². The summed E-state index contributed by atoms with van der Waals surface area (Å²) in [6, 6.07) is 6.71. The van der Waals surface area contributed by atoms with Crippen molar-refractivity contribution < 1.29 is 14.7 Å². The first-order valence-electron chi connectivity index (χ1n) is 7.09. The van der Waals surface area contributed by atoms with Gasteiger partial charge in [0.15, 0.2) is 0 Å². The van der Waals surface area contributed by atoms with E-state index in [0.717, 1.165) is 25.7 Å². The zero-order valence-electron chi connectivity index (χ0n) is 11.6. The van der Waals surface area contributed by atoms with Gasteiger partial charge in [0.05, 0.1) is 16.8 Å². The maximum absolute atomic E-state index is 11.8. The second-order valence-electron chi connectivity index (χ2n) is 5.26. The largest absolute Gasteiger partial charge is 0.393 e. The molecule has 1 aliphatic carbocycles. The van der Waals surface area contributed by atoms with Crippen molar-refractivity contribution in [1.82, 2.24) is 5.32 Å². The number of amides is 2. The van der Waals surface area contributed by atoms with E-state index in [2.05, 4.69) is 10.6 Å². The molecule has 0 spiro atoms. The lowest BCUT2D eigenvalue weighted by atomic mass is 9.86. The van der Waals surface area contributed by atoms with Crippen LogP contribution in [0.3, 0.4) is 0 Å². The van der Waals surface area contributed by atoms with E-state index < -0.39 is 17.9 Å². The maximum Gasteiger partial charge on any atom is 0.313 e. The first-order valence-corrected chi connectivity index (χ1v) is 7.47. The van der Waals surface area contributed by atoms with Crippen molar-refractivity contribution in [3.63, 3.8) is 0 Å². The molecule has 1 fully saturated rings. The van der Waals surface area contributed by atoms with Gasteiger partial charge in [-0.05, 0) is 25.0 Å². The zero-order valence-corrected chi connectivity index (χ0v) is 12.4. The van der Waals surface area contributed by atoms with E-state index in [1.807, 2.05) is 0 Å². The van der Waals surface area contributed by atoms with E-state index in [1.165, 1.54) is 0 Å². The van der Waals surface area contributed by atoms with E-state index in [4.69, 9.17) is 11.6 Å². The van der Waals surface area contributed by atoms with Gasteiger partial charge in [-0.15, -0.1) is 0 Å². The van der Waals surface area contributed by atoms with Gasteiger partial charge in [-0.2, -0.15) is 0 Å². The molecule has 0 aromatic heterocycles. The van der Waals surface area contributed by atoms with Crippen LogP contribution in [-0.4, -0.2) is 29.6 Å². The summed E-state index contributed by atoms with van der Waals surface area (Å²) < 4.78 is 0. The van der Waals surface area contributed by atoms with E-state index in [1.54, 1.807) is 24.3 Å². The minimum Gasteiger partial charge on any atom is -0.393 e. The lowest BCUT2D eigenvalue weighted by molar-refractivity contribution is -0.136. The minimum atomic E-state index is -0.756. The molecular formula is C15H19ClN2O3. The van der Waals surface area contributed by atoms with Gasteiger partial charge in [0, 0.05) is 12.5 Å². The number of aliphatic hydroxyl groups is 1. The van der Waals surface area contributed by atoms with Gasteiger partial charge in [-0.25, -0.2) is 0 Å². The van der Waals surface area contributed by atoms with Crippen molar-refractivity contribution in [2.45, 2.75) is 31.8 Å². The molecule has 0 heterocycles. The molecule has 2 atom stereocenters. The summed E-state index contributed by atoms with van der Waals surface area (Å²) in [4.78, 5) is 23.5. The maximum atomic E-state index is 11.8. The van der Waals surface area contributed by atoms with Crippen molar-refractivity contribution in [2.24, 2.45) is 5.92 Å². The molecule has 2 rings (SSSR count). The standard InChI is InChI=1S/C15H19ClN2O3/c16-11-6-2-3-7-12(11)18-15(21)14(20)17-9-10-5-1-4-8-13(10)19/h2-3,6-7,10,13,19H,1,4-5,8-9H2,(H,17,20)(H,18,21). The summed E-state index contributed by atoms with van der Waals surface area (Å²) in [6.45, 7) is 0.315. The highest BCUT2D eigenvalue weighted by Gasteiger charge is 2.24. The molecule has 2 unspecified atom stereocenters. The van der Waals surface area contributed by atoms with Crippen molar-refractivity contribution in [1.29, 1.82) is 0 Å². The van der Waals surface area contributed by atoms with Gasteiger partial charge in [-0.1, -0.05) is 36.6 Å². The predicted octanol–water partition coefficient (Wildman–Crippen LogP) is 1.95. The average molecular weight is 311 g/mol. The molecule has 3 N–H and O–H groups in total. The molecule has 5 nitrogen and oxygen atoms in total. The Hall–Kier alpha value is -1.59. The van der Waals surface area contributed by atoms with E-state index >= 15 is 0 Å². The molecule has 0 radical (unpaired) electrons. The number of hydrogen-bond donors (Lipinski definition) is 3. The van der Waals surface area contributed by atoms with Crippen LogP contribution in [0.2, 0.25) is 5.02 Å². The highest BCUT2D eigenvalue weighted by atomic mass is 35.5. The Balaban J connectivity index is 1.83. The summed E-state index contributed by atoms with van der Waals surface area (Å²) in [5, 5.41) is 15.2. The van der Waals surface area contributed by atoms with Crippen LogP contribution in [0.25, 0.3) is 0 Å². The van der Waals surface area contributed by atoms with Crippen LogP contribution >= 0.6 is 11.6 Å². The Bertz CT molecular complexity index is 521. The monoisotopic (exact) mass is 310 g/mol. The molecule has 0 bridgehead atoms. The van der Waals surface area contributed by atoms with Gasteiger partial charge >= 0.3 is 11.8 Å². The zero-order chi connectivity index (χ0) is 15.2. The number of nitrogens with one attached hydrogen (secondary N) is 2. The Morgan fingerprint density at radius 3 is 2.62 bits per heavy atom. The normalized spacial score (nSPS) is 21.6. The fourth-order valence-electron chi connectivity index (χ4n) is 2.47. The van der Waals surface area contributed by atoms with Gasteiger partial charge in [-0.3, -0.25) is 9.59 Å². The number of hydrogen-bond acceptors (Lipinski definition) is 3. The van der Waals surface area contributed by atoms with E-state index in [9.17, 15) is 14.7 Å². The Morgan fingerprint density at radius 2 is 1.90 bits per heavy atom. The van der Waals surface area contributed by atoms with Crippen molar-refractivity contribution in [3.8, 4) is 0 Å². The Labute approximate surface area is 128 Å². The third-order valence-electron chi connectivity index (χ3n) is 3.72. The number of carbonyl (C=O) groups excluding carboxylic acids is 2. The van der Waals surface area contributed by atoms with E-state index in [0.29, 0.717) is 17.3 Å². The first kappa shape index (κ1) is 15.8. The molecule has 0 saturated heterocycles. The first-order chi connectivity index (χ1) is 10.1. The lowest BCUT2D eigenvalue weighted by Gasteiger charge is -2.27. The number of aliphatic hydroxyl groups excluding tert-OH is 1. The highest BCUT2D eigenvalue weighted by Crippen LogP contribution is 2.23. The SMILES string of the molecule is O=C(NCC1CCCCC1O)C(=O)Nc1ccccc1Cl. The second kappa shape index (κ2) is 7.43. The predicted molar refractivity (Wildman–Crippen MR) is 81.1 cm³/mol. The number of benzene rings is 1. The topological polar surface area (TPSA) is 78.4 Å². The number of para-hydroxylation sites is 1. The minimum absolute atomic E-state index is 0.0239. The van der Waals surface area contributed by atoms with Crippen LogP contribution in [0.15, 0.2) is 24.3 Å². The highest BCUT2D eigenvalue weighted by molar-refractivity contribution is 6.41. The van der Waals surface area contributed by atoms with Crippen LogP contribution in [0.4, 0.5) is 5.69 Å². The Morgan fingerprint density at radius 1 is 1.19 bits per heavy atom.